The molecule has 1 aromatic rings. The summed E-state index contributed by atoms with van der Waals surface area (Å²) in [5.41, 5.74) is -0.925. The van der Waals surface area contributed by atoms with E-state index in [1.165, 1.54) is 22.6 Å². The van der Waals surface area contributed by atoms with Crippen LogP contribution in [0, 0.1) is 11.3 Å². The molecule has 0 bridgehead atoms. The summed E-state index contributed by atoms with van der Waals surface area (Å²) in [6.07, 6.45) is 3.41. The number of aromatic nitrogens is 1. The Morgan fingerprint density at radius 2 is 2.30 bits per heavy atom. The van der Waals surface area contributed by atoms with E-state index in [0.717, 1.165) is 12.8 Å². The zero-order chi connectivity index (χ0) is 16.7. The lowest BCUT2D eigenvalue weighted by atomic mass is 9.81. The molecule has 2 heterocycles. The Kier molecular flexibility index (Phi) is 4.05. The lowest BCUT2D eigenvalue weighted by molar-refractivity contribution is -0.149. The van der Waals surface area contributed by atoms with Gasteiger partial charge in [-0.1, -0.05) is 6.42 Å². The van der Waals surface area contributed by atoms with Gasteiger partial charge in [0, 0.05) is 19.2 Å². The molecule has 0 aromatic carbocycles. The van der Waals surface area contributed by atoms with Crippen molar-refractivity contribution in [3.8, 4) is 5.88 Å². The minimum Gasteiger partial charge on any atom is -0.481 e. The van der Waals surface area contributed by atoms with Crippen LogP contribution in [0.5, 0.6) is 5.88 Å². The quantitative estimate of drug-likeness (QED) is 0.869. The van der Waals surface area contributed by atoms with Crippen LogP contribution in [0.25, 0.3) is 0 Å². The van der Waals surface area contributed by atoms with Gasteiger partial charge >= 0.3 is 5.97 Å². The van der Waals surface area contributed by atoms with Gasteiger partial charge in [-0.3, -0.25) is 4.79 Å². The first-order valence-corrected chi connectivity index (χ1v) is 9.16. The van der Waals surface area contributed by atoms with Crippen LogP contribution in [-0.4, -0.2) is 48.5 Å². The smallest absolute Gasteiger partial charge is 0.311 e. The van der Waals surface area contributed by atoms with Crippen molar-refractivity contribution in [2.24, 2.45) is 11.3 Å². The van der Waals surface area contributed by atoms with Crippen molar-refractivity contribution in [3.63, 3.8) is 0 Å². The van der Waals surface area contributed by atoms with E-state index in [1.54, 1.807) is 0 Å². The van der Waals surface area contributed by atoms with Crippen LogP contribution >= 0.6 is 0 Å². The third-order valence-electron chi connectivity index (χ3n) is 4.90. The Balaban J connectivity index is 1.85. The molecule has 0 amide bonds. The predicted octanol–water partition coefficient (Wildman–Crippen LogP) is 1.36. The molecule has 3 rings (SSSR count). The van der Waals surface area contributed by atoms with Crippen molar-refractivity contribution in [1.82, 2.24) is 9.29 Å². The molecule has 7 nitrogen and oxygen atoms in total. The van der Waals surface area contributed by atoms with E-state index in [0.29, 0.717) is 18.9 Å². The summed E-state index contributed by atoms with van der Waals surface area (Å²) < 4.78 is 32.0. The second-order valence-corrected chi connectivity index (χ2v) is 8.05. The van der Waals surface area contributed by atoms with Crippen LogP contribution in [0.3, 0.4) is 0 Å². The fourth-order valence-corrected chi connectivity index (χ4v) is 5.18. The Bertz CT molecular complexity index is 703. The van der Waals surface area contributed by atoms with E-state index in [-0.39, 0.29) is 23.9 Å². The van der Waals surface area contributed by atoms with Crippen molar-refractivity contribution in [2.45, 2.75) is 31.1 Å². The number of fused-ring (bicyclic) bond motifs is 1. The molecule has 23 heavy (non-hydrogen) atoms. The normalized spacial score (nSPS) is 27.8. The molecule has 1 saturated carbocycles. The van der Waals surface area contributed by atoms with E-state index in [2.05, 4.69) is 4.98 Å². The Morgan fingerprint density at radius 1 is 1.52 bits per heavy atom. The van der Waals surface area contributed by atoms with Crippen molar-refractivity contribution in [1.29, 1.82) is 0 Å². The maximum atomic E-state index is 12.8. The molecule has 0 spiro atoms. The van der Waals surface area contributed by atoms with Crippen LogP contribution in [0.4, 0.5) is 0 Å². The van der Waals surface area contributed by atoms with Gasteiger partial charge in [0.25, 0.3) is 0 Å². The average Bonchev–Trinajstić information content (AvgIpc) is 3.06. The first kappa shape index (κ1) is 16.2. The zero-order valence-electron chi connectivity index (χ0n) is 12.9. The minimum atomic E-state index is -3.73. The second kappa shape index (κ2) is 5.76. The van der Waals surface area contributed by atoms with Crippen LogP contribution < -0.4 is 4.74 Å². The molecular formula is C15H20N2O5S. The number of pyridine rings is 1. The Morgan fingerprint density at radius 3 is 2.87 bits per heavy atom. The van der Waals surface area contributed by atoms with Gasteiger partial charge < -0.3 is 9.84 Å². The maximum absolute atomic E-state index is 12.8. The van der Waals surface area contributed by atoms with Crippen molar-refractivity contribution >= 4 is 16.0 Å². The number of aliphatic carboxylic acids is 1. The topological polar surface area (TPSA) is 96.8 Å². The highest BCUT2D eigenvalue weighted by molar-refractivity contribution is 7.89. The highest BCUT2D eigenvalue weighted by atomic mass is 32.2. The van der Waals surface area contributed by atoms with Crippen molar-refractivity contribution < 1.29 is 23.1 Å². The molecule has 1 aromatic heterocycles. The Labute approximate surface area is 135 Å². The molecule has 1 aliphatic carbocycles. The number of hydrogen-bond acceptors (Lipinski definition) is 5. The van der Waals surface area contributed by atoms with Crippen LogP contribution in [0.1, 0.15) is 26.2 Å². The number of carbonyl (C=O) groups is 1. The van der Waals surface area contributed by atoms with Gasteiger partial charge in [0.2, 0.25) is 15.9 Å². The van der Waals surface area contributed by atoms with E-state index < -0.39 is 21.4 Å². The molecule has 8 heteroatoms. The van der Waals surface area contributed by atoms with Crippen LogP contribution in [-0.2, 0) is 14.8 Å². The van der Waals surface area contributed by atoms with E-state index in [4.69, 9.17) is 4.74 Å². The summed E-state index contributed by atoms with van der Waals surface area (Å²) in [6.45, 7) is 2.58. The third kappa shape index (κ3) is 2.59. The second-order valence-electron chi connectivity index (χ2n) is 6.11. The van der Waals surface area contributed by atoms with Crippen molar-refractivity contribution in [2.75, 3.05) is 19.7 Å². The van der Waals surface area contributed by atoms with E-state index in [1.807, 2.05) is 6.92 Å². The first-order valence-electron chi connectivity index (χ1n) is 7.72. The van der Waals surface area contributed by atoms with Gasteiger partial charge in [0.05, 0.1) is 18.2 Å². The molecule has 1 saturated heterocycles. The van der Waals surface area contributed by atoms with E-state index in [9.17, 15) is 18.3 Å². The average molecular weight is 340 g/mol. The molecule has 126 valence electrons. The summed E-state index contributed by atoms with van der Waals surface area (Å²) in [5.74, 6) is -0.625. The largest absolute Gasteiger partial charge is 0.481 e. The molecule has 1 aliphatic heterocycles. The number of nitrogens with zero attached hydrogens (tertiary/aromatic N) is 2. The number of hydrogen-bond donors (Lipinski definition) is 1. The number of carboxylic acid groups (broad SMARTS) is 1. The van der Waals surface area contributed by atoms with Crippen LogP contribution in [0.15, 0.2) is 23.2 Å². The molecule has 0 unspecified atom stereocenters. The third-order valence-corrected chi connectivity index (χ3v) is 6.70. The standard InChI is InChI=1S/C15H20N2O5S/c1-2-22-13-6-5-12(8-16-13)23(20,21)17-9-11-4-3-7-15(11,10-17)14(18)19/h5-6,8,11H,2-4,7,9-10H2,1H3,(H,18,19)/t11-,15+/m0/s1. The highest BCUT2D eigenvalue weighted by Gasteiger charge is 2.57. The molecule has 1 N–H and O–H groups in total. The van der Waals surface area contributed by atoms with Crippen molar-refractivity contribution in [3.05, 3.63) is 18.3 Å². The molecule has 0 radical (unpaired) electrons. The molecule has 2 fully saturated rings. The van der Waals surface area contributed by atoms with Gasteiger partial charge in [0.15, 0.2) is 0 Å². The molecule has 2 atom stereocenters. The summed E-state index contributed by atoms with van der Waals surface area (Å²) >= 11 is 0. The molecule has 2 aliphatic rings. The SMILES string of the molecule is CCOc1ccc(S(=O)(=O)N2C[C@@H]3CCC[C@@]3(C(=O)O)C2)cn1. The highest BCUT2D eigenvalue weighted by Crippen LogP contribution is 2.50. The number of carboxylic acids is 1. The minimum absolute atomic E-state index is 0.0442. The lowest BCUT2D eigenvalue weighted by Gasteiger charge is -2.23. The molecular weight excluding hydrogens is 320 g/mol. The van der Waals surface area contributed by atoms with Gasteiger partial charge in [-0.25, -0.2) is 13.4 Å². The zero-order valence-corrected chi connectivity index (χ0v) is 13.8. The predicted molar refractivity (Wildman–Crippen MR) is 81.6 cm³/mol. The van der Waals surface area contributed by atoms with Gasteiger partial charge in [0.1, 0.15) is 4.90 Å². The lowest BCUT2D eigenvalue weighted by Crippen LogP contribution is -2.37. The number of rotatable bonds is 5. The number of ether oxygens (including phenoxy) is 1. The Hall–Kier alpha value is -1.67. The van der Waals surface area contributed by atoms with Crippen LogP contribution in [0.2, 0.25) is 0 Å². The maximum Gasteiger partial charge on any atom is 0.311 e. The van der Waals surface area contributed by atoms with Gasteiger partial charge in [-0.15, -0.1) is 0 Å². The summed E-state index contributed by atoms with van der Waals surface area (Å²) in [5, 5.41) is 9.57. The first-order chi connectivity index (χ1) is 10.9. The fourth-order valence-electron chi connectivity index (χ4n) is 3.68. The van der Waals surface area contributed by atoms with Gasteiger partial charge in [-0.05, 0) is 31.7 Å². The number of sulfonamides is 1. The summed E-state index contributed by atoms with van der Waals surface area (Å²) in [4.78, 5) is 15.7. The fraction of sp³-hybridized carbons (Fsp3) is 0.600. The summed E-state index contributed by atoms with van der Waals surface area (Å²) in [7, 11) is -3.73. The van der Waals surface area contributed by atoms with Gasteiger partial charge in [-0.2, -0.15) is 4.31 Å². The summed E-state index contributed by atoms with van der Waals surface area (Å²) in [6, 6.07) is 2.97. The van der Waals surface area contributed by atoms with E-state index >= 15 is 0 Å². The monoisotopic (exact) mass is 340 g/mol.